The van der Waals surface area contributed by atoms with Crippen molar-refractivity contribution < 1.29 is 9.53 Å². The molecule has 8 heteroatoms. The van der Waals surface area contributed by atoms with Crippen molar-refractivity contribution in [2.45, 2.75) is 13.1 Å². The summed E-state index contributed by atoms with van der Waals surface area (Å²) in [6.45, 7) is 0.835. The van der Waals surface area contributed by atoms with Crippen LogP contribution in [0.3, 0.4) is 0 Å². The first-order valence-electron chi connectivity index (χ1n) is 9.36. The molecule has 1 amide bonds. The summed E-state index contributed by atoms with van der Waals surface area (Å²) in [6.07, 6.45) is 3.72. The van der Waals surface area contributed by atoms with E-state index in [1.165, 1.54) is 0 Å². The van der Waals surface area contributed by atoms with Crippen LogP contribution in [-0.4, -0.2) is 32.6 Å². The van der Waals surface area contributed by atoms with Crippen LogP contribution in [0.4, 0.5) is 0 Å². The Morgan fingerprint density at radius 2 is 1.70 bits per heavy atom. The summed E-state index contributed by atoms with van der Waals surface area (Å²) in [7, 11) is 1.62. The van der Waals surface area contributed by atoms with Gasteiger partial charge in [0.05, 0.1) is 13.7 Å². The third-order valence-electron chi connectivity index (χ3n) is 4.63. The molecule has 2 aromatic carbocycles. The van der Waals surface area contributed by atoms with Crippen molar-refractivity contribution in [2.75, 3.05) is 7.11 Å². The Labute approximate surface area is 178 Å². The molecule has 0 unspecified atom stereocenters. The minimum Gasteiger partial charge on any atom is -0.497 e. The van der Waals surface area contributed by atoms with Crippen LogP contribution in [0, 0.1) is 0 Å². The van der Waals surface area contributed by atoms with Crippen molar-refractivity contribution in [3.05, 3.63) is 94.9 Å². The molecule has 0 fully saturated rings. The number of hydrogen-bond acceptors (Lipinski definition) is 4. The first-order chi connectivity index (χ1) is 14.6. The number of nitrogens with one attached hydrogen (secondary N) is 1. The van der Waals surface area contributed by atoms with Gasteiger partial charge in [-0.1, -0.05) is 41.1 Å². The predicted molar refractivity (Wildman–Crippen MR) is 114 cm³/mol. The number of methoxy groups -OCH3 is 1. The van der Waals surface area contributed by atoms with Gasteiger partial charge in [0.25, 0.3) is 5.91 Å². The van der Waals surface area contributed by atoms with Gasteiger partial charge in [0.1, 0.15) is 5.75 Å². The molecular formula is C22H20ClN5O2. The van der Waals surface area contributed by atoms with E-state index in [9.17, 15) is 4.79 Å². The van der Waals surface area contributed by atoms with Crippen LogP contribution in [0.15, 0.2) is 73.1 Å². The number of ether oxygens (including phenoxy) is 1. The smallest absolute Gasteiger partial charge is 0.276 e. The highest BCUT2D eigenvalue weighted by atomic mass is 35.5. The number of rotatable bonds is 7. The van der Waals surface area contributed by atoms with Crippen LogP contribution in [0.5, 0.6) is 5.75 Å². The fraction of sp³-hybridized carbons (Fsp3) is 0.136. The average molecular weight is 422 g/mol. The van der Waals surface area contributed by atoms with E-state index in [2.05, 4.69) is 15.6 Å². The van der Waals surface area contributed by atoms with E-state index in [1.807, 2.05) is 77.6 Å². The van der Waals surface area contributed by atoms with Gasteiger partial charge in [0, 0.05) is 24.0 Å². The monoisotopic (exact) mass is 421 g/mol. The summed E-state index contributed by atoms with van der Waals surface area (Å²) in [6, 6.07) is 18.8. The van der Waals surface area contributed by atoms with Crippen LogP contribution >= 0.6 is 11.6 Å². The van der Waals surface area contributed by atoms with Gasteiger partial charge in [-0.3, -0.25) is 4.79 Å². The van der Waals surface area contributed by atoms with Gasteiger partial charge in [-0.05, 0) is 47.5 Å². The molecule has 1 N–H and O–H groups in total. The summed E-state index contributed by atoms with van der Waals surface area (Å²) in [5, 5.41) is 12.0. The lowest BCUT2D eigenvalue weighted by Gasteiger charge is -2.10. The minimum absolute atomic E-state index is 0.258. The second-order valence-electron chi connectivity index (χ2n) is 6.67. The molecule has 0 radical (unpaired) electrons. The molecule has 7 nitrogen and oxygen atoms in total. The van der Waals surface area contributed by atoms with E-state index in [0.29, 0.717) is 23.9 Å². The van der Waals surface area contributed by atoms with E-state index in [4.69, 9.17) is 16.3 Å². The maximum atomic E-state index is 12.9. The number of carbonyl (C=O) groups is 1. The maximum Gasteiger partial charge on any atom is 0.276 e. The van der Waals surface area contributed by atoms with E-state index in [0.717, 1.165) is 16.9 Å². The van der Waals surface area contributed by atoms with Gasteiger partial charge in [0.2, 0.25) is 0 Å². The van der Waals surface area contributed by atoms with Crippen LogP contribution in [0.2, 0.25) is 5.02 Å². The largest absolute Gasteiger partial charge is 0.497 e. The topological polar surface area (TPSA) is 74.0 Å². The molecule has 2 heterocycles. The molecule has 0 spiro atoms. The molecule has 2 aromatic heterocycles. The fourth-order valence-electron chi connectivity index (χ4n) is 3.06. The van der Waals surface area contributed by atoms with E-state index < -0.39 is 0 Å². The van der Waals surface area contributed by atoms with Crippen LogP contribution in [-0.2, 0) is 13.1 Å². The molecule has 30 heavy (non-hydrogen) atoms. The minimum atomic E-state index is -0.295. The summed E-state index contributed by atoms with van der Waals surface area (Å²) < 4.78 is 8.69. The number of nitrogens with zero attached hydrogens (tertiary/aromatic N) is 4. The van der Waals surface area contributed by atoms with Crippen LogP contribution < -0.4 is 10.1 Å². The third-order valence-corrected chi connectivity index (χ3v) is 4.88. The van der Waals surface area contributed by atoms with Crippen molar-refractivity contribution in [1.82, 2.24) is 24.9 Å². The Balaban J connectivity index is 1.56. The van der Waals surface area contributed by atoms with E-state index in [-0.39, 0.29) is 11.6 Å². The van der Waals surface area contributed by atoms with Gasteiger partial charge >= 0.3 is 0 Å². The van der Waals surface area contributed by atoms with Crippen molar-refractivity contribution in [2.24, 2.45) is 0 Å². The molecule has 0 atom stereocenters. The number of aromatic nitrogens is 4. The zero-order valence-electron chi connectivity index (χ0n) is 16.3. The number of benzene rings is 2. The van der Waals surface area contributed by atoms with Gasteiger partial charge < -0.3 is 14.6 Å². The summed E-state index contributed by atoms with van der Waals surface area (Å²) in [5.74, 6) is 1.07. The molecular weight excluding hydrogens is 402 g/mol. The molecule has 0 bridgehead atoms. The number of amides is 1. The number of hydrogen-bond donors (Lipinski definition) is 1. The standard InChI is InChI=1S/C22H20ClN5O2/c1-30-19-10-6-16(7-11-19)14-24-21(29)20-22(27-12-2-3-13-27)28(26-25-20)15-17-4-8-18(23)9-5-17/h2-13H,14-15H2,1H3,(H,24,29). The molecule has 0 saturated carbocycles. The van der Waals surface area contributed by atoms with Crippen LogP contribution in [0.25, 0.3) is 5.82 Å². The second kappa shape index (κ2) is 8.84. The summed E-state index contributed by atoms with van der Waals surface area (Å²) in [4.78, 5) is 12.9. The van der Waals surface area contributed by atoms with E-state index in [1.54, 1.807) is 11.8 Å². The first-order valence-corrected chi connectivity index (χ1v) is 9.74. The quantitative estimate of drug-likeness (QED) is 0.493. The summed E-state index contributed by atoms with van der Waals surface area (Å²) >= 11 is 5.98. The molecule has 152 valence electrons. The SMILES string of the molecule is COc1ccc(CNC(=O)c2nnn(Cc3ccc(Cl)cc3)c2-n2cccc2)cc1. The van der Waals surface area contributed by atoms with Crippen LogP contribution in [0.1, 0.15) is 21.6 Å². The van der Waals surface area contributed by atoms with Crippen molar-refractivity contribution >= 4 is 17.5 Å². The van der Waals surface area contributed by atoms with E-state index >= 15 is 0 Å². The van der Waals surface area contributed by atoms with Crippen molar-refractivity contribution in [3.63, 3.8) is 0 Å². The van der Waals surface area contributed by atoms with Gasteiger partial charge in [-0.2, -0.15) is 0 Å². The Hall–Kier alpha value is -3.58. The summed E-state index contributed by atoms with van der Waals surface area (Å²) in [5.41, 5.74) is 2.22. The number of halogens is 1. The van der Waals surface area contributed by atoms with Crippen molar-refractivity contribution in [1.29, 1.82) is 0 Å². The second-order valence-corrected chi connectivity index (χ2v) is 7.10. The van der Waals surface area contributed by atoms with Crippen molar-refractivity contribution in [3.8, 4) is 11.6 Å². The molecule has 0 saturated heterocycles. The Kier molecular flexibility index (Phi) is 5.81. The molecule has 0 aliphatic heterocycles. The molecule has 0 aliphatic rings. The lowest BCUT2D eigenvalue weighted by molar-refractivity contribution is 0.0946. The highest BCUT2D eigenvalue weighted by Gasteiger charge is 2.21. The Morgan fingerprint density at radius 3 is 2.37 bits per heavy atom. The number of carbonyl (C=O) groups excluding carboxylic acids is 1. The normalized spacial score (nSPS) is 10.7. The lowest BCUT2D eigenvalue weighted by Crippen LogP contribution is -2.25. The lowest BCUT2D eigenvalue weighted by atomic mass is 10.2. The first kappa shape index (κ1) is 19.7. The third kappa shape index (κ3) is 4.36. The fourth-order valence-corrected chi connectivity index (χ4v) is 3.19. The highest BCUT2D eigenvalue weighted by molar-refractivity contribution is 6.30. The zero-order chi connectivity index (χ0) is 20.9. The Morgan fingerprint density at radius 1 is 1.03 bits per heavy atom. The molecule has 4 aromatic rings. The van der Waals surface area contributed by atoms with Gasteiger partial charge in [0.15, 0.2) is 11.5 Å². The molecule has 0 aliphatic carbocycles. The van der Waals surface area contributed by atoms with Gasteiger partial charge in [-0.15, -0.1) is 5.10 Å². The molecule has 4 rings (SSSR count). The highest BCUT2D eigenvalue weighted by Crippen LogP contribution is 2.17. The average Bonchev–Trinajstić information content (AvgIpc) is 3.44. The zero-order valence-corrected chi connectivity index (χ0v) is 17.1. The maximum absolute atomic E-state index is 12.9. The van der Waals surface area contributed by atoms with Gasteiger partial charge in [-0.25, -0.2) is 4.68 Å². The predicted octanol–water partition coefficient (Wildman–Crippen LogP) is 3.71. The Bertz CT molecular complexity index is 1120.